The summed E-state index contributed by atoms with van der Waals surface area (Å²) in [6.07, 6.45) is 0. The van der Waals surface area contributed by atoms with Gasteiger partial charge in [-0.15, -0.1) is 0 Å². The van der Waals surface area contributed by atoms with Crippen LogP contribution in [0.2, 0.25) is 0 Å². The van der Waals surface area contributed by atoms with Crippen molar-refractivity contribution in [1.29, 1.82) is 0 Å². The second kappa shape index (κ2) is 5.78. The molecule has 0 atom stereocenters. The zero-order valence-corrected chi connectivity index (χ0v) is 14.2. The lowest BCUT2D eigenvalue weighted by Crippen LogP contribution is -1.95. The number of hydrogen-bond donors (Lipinski definition) is 2. The second-order valence-corrected chi connectivity index (χ2v) is 6.54. The van der Waals surface area contributed by atoms with Gasteiger partial charge in [0.15, 0.2) is 0 Å². The molecule has 1 aromatic heterocycles. The Kier molecular flexibility index (Phi) is 3.29. The molecule has 0 saturated heterocycles. The smallest absolute Gasteiger partial charge is 0.0552 e. The molecule has 0 spiro atoms. The van der Waals surface area contributed by atoms with Gasteiger partial charge in [0, 0.05) is 33.1 Å². The molecule has 3 N–H and O–H groups in total. The number of hydrogen-bond acceptors (Lipinski definition) is 1. The molecule has 4 aromatic carbocycles. The average Bonchev–Trinajstić information content (AvgIpc) is 3.06. The Hall–Kier alpha value is -3.52. The van der Waals surface area contributed by atoms with Crippen LogP contribution in [0.25, 0.3) is 44.1 Å². The molecule has 1 heterocycles. The Balaban J connectivity index is 1.98. The Labute approximate surface area is 151 Å². The normalized spacial score (nSPS) is 11.2. The minimum Gasteiger partial charge on any atom is -0.398 e. The molecule has 2 nitrogen and oxygen atoms in total. The number of para-hydroxylation sites is 1. The van der Waals surface area contributed by atoms with Crippen LogP contribution in [0, 0.1) is 0 Å². The minimum absolute atomic E-state index is 0.798. The summed E-state index contributed by atoms with van der Waals surface area (Å²) in [6, 6.07) is 31.3. The van der Waals surface area contributed by atoms with Crippen LogP contribution >= 0.6 is 0 Å². The van der Waals surface area contributed by atoms with Gasteiger partial charge in [0.25, 0.3) is 0 Å². The van der Waals surface area contributed by atoms with Crippen molar-refractivity contribution in [3.63, 3.8) is 0 Å². The topological polar surface area (TPSA) is 41.8 Å². The molecule has 26 heavy (non-hydrogen) atoms. The number of nitrogens with one attached hydrogen (secondary N) is 1. The molecule has 0 unspecified atom stereocenters. The van der Waals surface area contributed by atoms with Crippen molar-refractivity contribution in [2.24, 2.45) is 0 Å². The Bertz CT molecular complexity index is 1220. The molecule has 0 saturated carbocycles. The van der Waals surface area contributed by atoms with Gasteiger partial charge >= 0.3 is 0 Å². The Morgan fingerprint density at radius 2 is 1.15 bits per heavy atom. The van der Waals surface area contributed by atoms with Crippen LogP contribution < -0.4 is 5.73 Å². The molecule has 5 rings (SSSR count). The minimum atomic E-state index is 0.798. The molecule has 124 valence electrons. The van der Waals surface area contributed by atoms with E-state index in [2.05, 4.69) is 83.8 Å². The number of nitrogens with two attached hydrogens (primary N) is 1. The van der Waals surface area contributed by atoms with Crippen molar-refractivity contribution in [1.82, 2.24) is 4.98 Å². The van der Waals surface area contributed by atoms with Gasteiger partial charge in [0.05, 0.1) is 5.52 Å². The predicted molar refractivity (Wildman–Crippen MR) is 111 cm³/mol. The van der Waals surface area contributed by atoms with Crippen LogP contribution in [-0.2, 0) is 0 Å². The van der Waals surface area contributed by atoms with Crippen molar-refractivity contribution in [3.05, 3.63) is 91.0 Å². The van der Waals surface area contributed by atoms with E-state index in [0.717, 1.165) is 44.4 Å². The Morgan fingerprint density at radius 3 is 1.85 bits per heavy atom. The lowest BCUT2D eigenvalue weighted by Gasteiger charge is -2.15. The summed E-state index contributed by atoms with van der Waals surface area (Å²) in [5, 5.41) is 2.36. The van der Waals surface area contributed by atoms with Gasteiger partial charge < -0.3 is 10.7 Å². The molecule has 0 bridgehead atoms. The first kappa shape index (κ1) is 14.8. The van der Waals surface area contributed by atoms with Crippen LogP contribution in [-0.4, -0.2) is 4.98 Å². The number of nitrogen functional groups attached to an aromatic ring is 1. The highest BCUT2D eigenvalue weighted by molar-refractivity contribution is 6.17. The van der Waals surface area contributed by atoms with Crippen molar-refractivity contribution in [3.8, 4) is 22.3 Å². The van der Waals surface area contributed by atoms with E-state index in [1.54, 1.807) is 0 Å². The van der Waals surface area contributed by atoms with Gasteiger partial charge in [-0.3, -0.25) is 0 Å². The van der Waals surface area contributed by atoms with Crippen molar-refractivity contribution >= 4 is 27.5 Å². The van der Waals surface area contributed by atoms with Gasteiger partial charge in [-0.1, -0.05) is 78.9 Å². The zero-order valence-electron chi connectivity index (χ0n) is 14.2. The molecule has 0 aliphatic carbocycles. The lowest BCUT2D eigenvalue weighted by molar-refractivity contribution is 1.53. The number of benzene rings is 4. The number of anilines is 1. The largest absolute Gasteiger partial charge is 0.398 e. The molecule has 0 aliphatic heterocycles. The fraction of sp³-hybridized carbons (Fsp3) is 0. The summed E-state index contributed by atoms with van der Waals surface area (Å²) >= 11 is 0. The number of aromatic nitrogens is 1. The molecule has 5 aromatic rings. The van der Waals surface area contributed by atoms with Crippen LogP contribution in [0.4, 0.5) is 5.69 Å². The molecule has 0 fully saturated rings. The van der Waals surface area contributed by atoms with Crippen LogP contribution in [0.5, 0.6) is 0 Å². The monoisotopic (exact) mass is 334 g/mol. The third-order valence-corrected chi connectivity index (χ3v) is 4.96. The summed E-state index contributed by atoms with van der Waals surface area (Å²) < 4.78 is 0. The van der Waals surface area contributed by atoms with Crippen LogP contribution in [0.15, 0.2) is 91.0 Å². The van der Waals surface area contributed by atoms with Gasteiger partial charge in [-0.25, -0.2) is 0 Å². The fourth-order valence-corrected chi connectivity index (χ4v) is 3.82. The zero-order chi connectivity index (χ0) is 17.5. The Morgan fingerprint density at radius 1 is 0.577 bits per heavy atom. The first-order chi connectivity index (χ1) is 12.8. The lowest BCUT2D eigenvalue weighted by atomic mass is 9.91. The van der Waals surface area contributed by atoms with E-state index in [9.17, 15) is 0 Å². The molecule has 0 aliphatic rings. The van der Waals surface area contributed by atoms with E-state index in [0.29, 0.717) is 0 Å². The number of rotatable bonds is 2. The third-order valence-electron chi connectivity index (χ3n) is 4.96. The highest BCUT2D eigenvalue weighted by atomic mass is 14.7. The number of H-pyrrole nitrogens is 1. The highest BCUT2D eigenvalue weighted by Crippen LogP contribution is 2.43. The van der Waals surface area contributed by atoms with Crippen molar-refractivity contribution < 1.29 is 0 Å². The van der Waals surface area contributed by atoms with Crippen molar-refractivity contribution in [2.75, 3.05) is 5.73 Å². The maximum Gasteiger partial charge on any atom is 0.0552 e. The molecule has 0 amide bonds. The summed E-state index contributed by atoms with van der Waals surface area (Å²) in [6.45, 7) is 0. The molecule has 2 heteroatoms. The summed E-state index contributed by atoms with van der Waals surface area (Å²) in [7, 11) is 0. The standard InChI is InChI=1S/C24H18N2/c25-20-15-19-18-13-7-8-14-21(18)26-24(19)23(17-11-5-2-6-12-17)22(20)16-9-3-1-4-10-16/h1-15,26H,25H2. The average molecular weight is 334 g/mol. The van der Waals surface area contributed by atoms with Crippen LogP contribution in [0.1, 0.15) is 0 Å². The SMILES string of the molecule is Nc1cc2c([nH]c3ccccc32)c(-c2ccccc2)c1-c1ccccc1. The third kappa shape index (κ3) is 2.20. The van der Waals surface area contributed by atoms with E-state index in [1.165, 1.54) is 5.39 Å². The van der Waals surface area contributed by atoms with Crippen molar-refractivity contribution in [2.45, 2.75) is 0 Å². The van der Waals surface area contributed by atoms with Gasteiger partial charge in [-0.2, -0.15) is 0 Å². The number of fused-ring (bicyclic) bond motifs is 3. The maximum atomic E-state index is 6.59. The van der Waals surface area contributed by atoms with E-state index in [-0.39, 0.29) is 0 Å². The van der Waals surface area contributed by atoms with Crippen LogP contribution in [0.3, 0.4) is 0 Å². The maximum absolute atomic E-state index is 6.59. The predicted octanol–water partition coefficient (Wildman–Crippen LogP) is 6.24. The first-order valence-electron chi connectivity index (χ1n) is 8.76. The number of aromatic amines is 1. The molecular weight excluding hydrogens is 316 g/mol. The van der Waals surface area contributed by atoms with E-state index < -0.39 is 0 Å². The van der Waals surface area contributed by atoms with Gasteiger partial charge in [-0.05, 0) is 23.3 Å². The summed E-state index contributed by atoms with van der Waals surface area (Å²) in [4.78, 5) is 3.63. The van der Waals surface area contributed by atoms with E-state index in [4.69, 9.17) is 5.73 Å². The summed E-state index contributed by atoms with van der Waals surface area (Å²) in [5.41, 5.74) is 14.2. The quantitative estimate of drug-likeness (QED) is 0.369. The fourth-order valence-electron chi connectivity index (χ4n) is 3.82. The molecular formula is C24H18N2. The van der Waals surface area contributed by atoms with Gasteiger partial charge in [0.2, 0.25) is 0 Å². The highest BCUT2D eigenvalue weighted by Gasteiger charge is 2.18. The summed E-state index contributed by atoms with van der Waals surface area (Å²) in [5.74, 6) is 0. The van der Waals surface area contributed by atoms with Gasteiger partial charge in [0.1, 0.15) is 0 Å². The van der Waals surface area contributed by atoms with E-state index in [1.807, 2.05) is 12.1 Å². The second-order valence-electron chi connectivity index (χ2n) is 6.54. The first-order valence-corrected chi connectivity index (χ1v) is 8.76. The molecule has 0 radical (unpaired) electrons. The van der Waals surface area contributed by atoms with E-state index >= 15 is 0 Å².